The van der Waals surface area contributed by atoms with E-state index in [0.717, 1.165) is 20.5 Å². The lowest BCUT2D eigenvalue weighted by Gasteiger charge is -2.21. The maximum atomic E-state index is 11.1. The van der Waals surface area contributed by atoms with Crippen LogP contribution in [0.2, 0.25) is 0 Å². The molecule has 1 aromatic heterocycles. The van der Waals surface area contributed by atoms with E-state index in [1.807, 2.05) is 31.2 Å². The number of hydroxylamine groups is 2. The van der Waals surface area contributed by atoms with E-state index >= 15 is 0 Å². The summed E-state index contributed by atoms with van der Waals surface area (Å²) in [5, 5.41) is 11.4. The van der Waals surface area contributed by atoms with Crippen LogP contribution in [0.25, 0.3) is 10.1 Å². The van der Waals surface area contributed by atoms with E-state index < -0.39 is 12.1 Å². The molecule has 4 nitrogen and oxygen atoms in total. The third kappa shape index (κ3) is 2.56. The number of hydrogen-bond donors (Lipinski definition) is 3. The highest BCUT2D eigenvalue weighted by atomic mass is 32.1. The van der Waals surface area contributed by atoms with E-state index in [2.05, 4.69) is 12.6 Å². The lowest BCUT2D eigenvalue weighted by Crippen LogP contribution is -2.34. The summed E-state index contributed by atoms with van der Waals surface area (Å²) in [6.07, 6.45) is 0. The van der Waals surface area contributed by atoms with Gasteiger partial charge in [-0.25, -0.2) is 4.79 Å². The Labute approximate surface area is 121 Å². The number of nitrogens with zero attached hydrogens (tertiary/aromatic N) is 1. The first-order chi connectivity index (χ1) is 8.93. The highest BCUT2D eigenvalue weighted by molar-refractivity contribution is 7.80. The molecular weight excluding hydrogens is 280 g/mol. The van der Waals surface area contributed by atoms with Crippen LogP contribution in [-0.2, 0) is 0 Å². The Morgan fingerprint density at radius 1 is 1.42 bits per heavy atom. The molecule has 2 aromatic rings. The van der Waals surface area contributed by atoms with Crippen molar-refractivity contribution in [2.24, 2.45) is 5.73 Å². The van der Waals surface area contributed by atoms with E-state index in [4.69, 9.17) is 5.73 Å². The number of urea groups is 1. The van der Waals surface area contributed by atoms with Crippen molar-refractivity contribution in [2.45, 2.75) is 25.1 Å². The molecule has 102 valence electrons. The zero-order valence-corrected chi connectivity index (χ0v) is 12.4. The molecule has 0 saturated heterocycles. The summed E-state index contributed by atoms with van der Waals surface area (Å²) < 4.78 is 1.11. The van der Waals surface area contributed by atoms with Gasteiger partial charge in [0.15, 0.2) is 0 Å². The van der Waals surface area contributed by atoms with Crippen molar-refractivity contribution >= 4 is 40.1 Å². The number of primary amides is 1. The maximum Gasteiger partial charge on any atom is 0.339 e. The number of carbonyl (C=O) groups excluding carboxylic acids is 1. The second-order valence-electron chi connectivity index (χ2n) is 4.41. The molecule has 0 radical (unpaired) electrons. The fourth-order valence-corrected chi connectivity index (χ4v) is 3.83. The van der Waals surface area contributed by atoms with Gasteiger partial charge >= 0.3 is 6.03 Å². The van der Waals surface area contributed by atoms with Gasteiger partial charge in [0.1, 0.15) is 0 Å². The van der Waals surface area contributed by atoms with E-state index in [9.17, 15) is 10.0 Å². The van der Waals surface area contributed by atoms with Gasteiger partial charge < -0.3 is 5.73 Å². The van der Waals surface area contributed by atoms with E-state index in [1.165, 1.54) is 0 Å². The Balaban J connectivity index is 2.59. The van der Waals surface area contributed by atoms with Crippen molar-refractivity contribution in [1.29, 1.82) is 0 Å². The van der Waals surface area contributed by atoms with E-state index in [-0.39, 0.29) is 5.25 Å². The number of benzene rings is 1. The molecule has 2 rings (SSSR count). The van der Waals surface area contributed by atoms with E-state index in [0.29, 0.717) is 5.06 Å². The first-order valence-corrected chi connectivity index (χ1v) is 7.23. The van der Waals surface area contributed by atoms with Crippen LogP contribution < -0.4 is 5.73 Å². The van der Waals surface area contributed by atoms with Crippen LogP contribution >= 0.6 is 24.0 Å². The smallest absolute Gasteiger partial charge is 0.339 e. The Morgan fingerprint density at radius 3 is 2.63 bits per heavy atom. The van der Waals surface area contributed by atoms with Crippen LogP contribution in [0, 0.1) is 0 Å². The third-order valence-electron chi connectivity index (χ3n) is 3.05. The zero-order chi connectivity index (χ0) is 14.2. The Kier molecular flexibility index (Phi) is 4.03. The number of thiol groups is 1. The second kappa shape index (κ2) is 5.40. The molecule has 6 heteroatoms. The van der Waals surface area contributed by atoms with Gasteiger partial charge in [-0.15, -0.1) is 11.3 Å². The van der Waals surface area contributed by atoms with Gasteiger partial charge in [-0.2, -0.15) is 17.7 Å². The van der Waals surface area contributed by atoms with Gasteiger partial charge in [0.2, 0.25) is 0 Å². The van der Waals surface area contributed by atoms with Crippen LogP contribution in [0.15, 0.2) is 24.3 Å². The molecular formula is C13H16N2O2S2. The molecule has 0 aliphatic heterocycles. The minimum Gasteiger partial charge on any atom is -0.350 e. The van der Waals surface area contributed by atoms with Crippen LogP contribution in [0.4, 0.5) is 4.79 Å². The molecule has 3 N–H and O–H groups in total. The average Bonchev–Trinajstić information content (AvgIpc) is 2.75. The van der Waals surface area contributed by atoms with Gasteiger partial charge in [-0.05, 0) is 30.9 Å². The van der Waals surface area contributed by atoms with Crippen LogP contribution in [0.1, 0.15) is 35.6 Å². The van der Waals surface area contributed by atoms with Crippen molar-refractivity contribution in [3.63, 3.8) is 0 Å². The maximum absolute atomic E-state index is 11.1. The SMILES string of the molecule is CC(S)c1c(C(C)N(O)C(N)=O)sc2ccccc12. The highest BCUT2D eigenvalue weighted by Gasteiger charge is 2.25. The van der Waals surface area contributed by atoms with Crippen LogP contribution in [0.5, 0.6) is 0 Å². The van der Waals surface area contributed by atoms with Crippen LogP contribution in [-0.4, -0.2) is 16.3 Å². The number of carbonyl (C=O) groups is 1. The summed E-state index contributed by atoms with van der Waals surface area (Å²) in [5.41, 5.74) is 6.16. The molecule has 0 bridgehead atoms. The van der Waals surface area contributed by atoms with Crippen molar-refractivity contribution in [1.82, 2.24) is 5.06 Å². The van der Waals surface area contributed by atoms with Gasteiger partial charge in [-0.1, -0.05) is 18.2 Å². The average molecular weight is 296 g/mol. The molecule has 2 amide bonds. The van der Waals surface area contributed by atoms with Crippen LogP contribution in [0.3, 0.4) is 0 Å². The second-order valence-corrected chi connectivity index (χ2v) is 6.27. The Hall–Kier alpha value is -1.24. The molecule has 0 fully saturated rings. The minimum absolute atomic E-state index is 0.00914. The number of hydrogen-bond acceptors (Lipinski definition) is 4. The Morgan fingerprint density at radius 2 is 2.05 bits per heavy atom. The van der Waals surface area contributed by atoms with Crippen molar-refractivity contribution < 1.29 is 10.0 Å². The molecule has 1 heterocycles. The minimum atomic E-state index is -0.859. The summed E-state index contributed by atoms with van der Waals surface area (Å²) in [6, 6.07) is 6.62. The number of amides is 2. The topological polar surface area (TPSA) is 66.6 Å². The fraction of sp³-hybridized carbons (Fsp3) is 0.308. The van der Waals surface area contributed by atoms with Gasteiger partial charge in [0.25, 0.3) is 0 Å². The monoisotopic (exact) mass is 296 g/mol. The molecule has 0 aliphatic carbocycles. The largest absolute Gasteiger partial charge is 0.350 e. The first-order valence-electron chi connectivity index (χ1n) is 5.90. The summed E-state index contributed by atoms with van der Waals surface area (Å²) in [7, 11) is 0. The summed E-state index contributed by atoms with van der Waals surface area (Å²) in [5.74, 6) is 0. The van der Waals surface area contributed by atoms with Crippen molar-refractivity contribution in [3.8, 4) is 0 Å². The summed E-state index contributed by atoms with van der Waals surface area (Å²) >= 11 is 6.05. The Bertz CT molecular complexity index is 610. The lowest BCUT2D eigenvalue weighted by molar-refractivity contribution is -0.0701. The van der Waals surface area contributed by atoms with Crippen molar-refractivity contribution in [3.05, 3.63) is 34.7 Å². The lowest BCUT2D eigenvalue weighted by atomic mass is 10.0. The number of nitrogens with two attached hydrogens (primary N) is 1. The van der Waals surface area contributed by atoms with Gasteiger partial charge in [0, 0.05) is 14.8 Å². The summed E-state index contributed by atoms with van der Waals surface area (Å²) in [6.45, 7) is 3.72. The summed E-state index contributed by atoms with van der Waals surface area (Å²) in [4.78, 5) is 12.0. The number of thiophene rings is 1. The predicted octanol–water partition coefficient (Wildman–Crippen LogP) is 3.72. The molecule has 0 saturated carbocycles. The number of fused-ring (bicyclic) bond motifs is 1. The zero-order valence-electron chi connectivity index (χ0n) is 10.7. The highest BCUT2D eigenvalue weighted by Crippen LogP contribution is 2.41. The molecule has 2 unspecified atom stereocenters. The van der Waals surface area contributed by atoms with Gasteiger partial charge in [0.05, 0.1) is 6.04 Å². The first kappa shape index (κ1) is 14.2. The normalized spacial score (nSPS) is 14.3. The van der Waals surface area contributed by atoms with Crippen molar-refractivity contribution in [2.75, 3.05) is 0 Å². The molecule has 1 aromatic carbocycles. The predicted molar refractivity (Wildman–Crippen MR) is 80.8 cm³/mol. The standard InChI is InChI=1S/C13H16N2O2S2/c1-7(15(17)13(14)16)12-11(8(2)18)9-5-3-4-6-10(9)19-12/h3-8,17-18H,1-2H3,(H2,14,16). The third-order valence-corrected chi connectivity index (χ3v) is 4.67. The molecule has 0 spiro atoms. The quantitative estimate of drug-likeness (QED) is 0.459. The fourth-order valence-electron chi connectivity index (χ4n) is 2.13. The number of rotatable bonds is 3. The molecule has 0 aliphatic rings. The molecule has 2 atom stereocenters. The van der Waals surface area contributed by atoms with Gasteiger partial charge in [-0.3, -0.25) is 5.21 Å². The molecule has 19 heavy (non-hydrogen) atoms. The van der Waals surface area contributed by atoms with E-state index in [1.54, 1.807) is 18.3 Å².